The van der Waals surface area contributed by atoms with E-state index in [9.17, 15) is 29.8 Å². The molecule has 0 unspecified atom stereocenters. The number of ketones is 1. The van der Waals surface area contributed by atoms with E-state index >= 15 is 0 Å². The standard InChI is InChI=1S/C15H11N3O7/c19-14(20)8-16-10-3-1-9(2-4-10)15(21)12-6-5-11(17(22)23)7-13(12)18(24)25/h1-7,16H,8H2,(H,19,20). The van der Waals surface area contributed by atoms with Crippen LogP contribution >= 0.6 is 0 Å². The second kappa shape index (κ2) is 7.17. The Morgan fingerprint density at radius 2 is 1.64 bits per heavy atom. The van der Waals surface area contributed by atoms with Crippen LogP contribution in [0.3, 0.4) is 0 Å². The maximum Gasteiger partial charge on any atom is 0.322 e. The summed E-state index contributed by atoms with van der Waals surface area (Å²) in [6.45, 7) is -0.304. The molecule has 0 aliphatic rings. The van der Waals surface area contributed by atoms with E-state index in [1.54, 1.807) is 0 Å². The topological polar surface area (TPSA) is 153 Å². The highest BCUT2D eigenvalue weighted by molar-refractivity contribution is 6.11. The summed E-state index contributed by atoms with van der Waals surface area (Å²) in [5.74, 6) is -1.73. The van der Waals surface area contributed by atoms with Crippen molar-refractivity contribution < 1.29 is 24.5 Å². The summed E-state index contributed by atoms with van der Waals surface area (Å²) in [5.41, 5.74) is -0.847. The molecule has 0 atom stereocenters. The van der Waals surface area contributed by atoms with Crippen molar-refractivity contribution in [3.8, 4) is 0 Å². The number of nitro benzene ring substituents is 2. The minimum Gasteiger partial charge on any atom is -0.480 e. The van der Waals surface area contributed by atoms with E-state index in [2.05, 4.69) is 5.32 Å². The molecule has 0 aromatic heterocycles. The van der Waals surface area contributed by atoms with Crippen molar-refractivity contribution in [3.05, 3.63) is 73.8 Å². The van der Waals surface area contributed by atoms with Gasteiger partial charge in [0.05, 0.1) is 15.9 Å². The van der Waals surface area contributed by atoms with Crippen LogP contribution in [-0.4, -0.2) is 33.3 Å². The molecule has 0 heterocycles. The van der Waals surface area contributed by atoms with Gasteiger partial charge in [-0.05, 0) is 30.3 Å². The third kappa shape index (κ3) is 4.13. The Kier molecular flexibility index (Phi) is 5.03. The summed E-state index contributed by atoms with van der Waals surface area (Å²) in [6, 6.07) is 8.43. The van der Waals surface area contributed by atoms with Crippen molar-refractivity contribution in [1.82, 2.24) is 0 Å². The molecule has 2 rings (SSSR count). The minimum atomic E-state index is -1.05. The summed E-state index contributed by atoms with van der Waals surface area (Å²) in [5, 5.41) is 33.0. The van der Waals surface area contributed by atoms with Crippen molar-refractivity contribution >= 4 is 28.8 Å². The number of hydrogen-bond donors (Lipinski definition) is 2. The molecular weight excluding hydrogens is 334 g/mol. The van der Waals surface area contributed by atoms with Crippen LogP contribution in [0.2, 0.25) is 0 Å². The molecule has 2 N–H and O–H groups in total. The van der Waals surface area contributed by atoms with Gasteiger partial charge < -0.3 is 10.4 Å². The van der Waals surface area contributed by atoms with Gasteiger partial charge in [0.25, 0.3) is 11.4 Å². The molecule has 2 aromatic carbocycles. The first-order valence-corrected chi connectivity index (χ1v) is 6.83. The minimum absolute atomic E-state index is 0.123. The zero-order valence-corrected chi connectivity index (χ0v) is 12.5. The zero-order chi connectivity index (χ0) is 18.6. The molecule has 0 spiro atoms. The highest BCUT2D eigenvalue weighted by Crippen LogP contribution is 2.27. The van der Waals surface area contributed by atoms with E-state index in [1.165, 1.54) is 24.3 Å². The van der Waals surface area contributed by atoms with Crippen LogP contribution in [-0.2, 0) is 4.79 Å². The Hall–Kier alpha value is -3.82. The van der Waals surface area contributed by atoms with Gasteiger partial charge in [-0.3, -0.25) is 29.8 Å². The maximum absolute atomic E-state index is 12.4. The number of anilines is 1. The van der Waals surface area contributed by atoms with Gasteiger partial charge in [0, 0.05) is 17.3 Å². The molecule has 0 fully saturated rings. The van der Waals surface area contributed by atoms with Gasteiger partial charge in [0.15, 0.2) is 5.78 Å². The number of nitrogens with zero attached hydrogens (tertiary/aromatic N) is 2. The number of carbonyl (C=O) groups is 2. The Morgan fingerprint density at radius 1 is 1.00 bits per heavy atom. The van der Waals surface area contributed by atoms with Crippen molar-refractivity contribution in [2.24, 2.45) is 0 Å². The van der Waals surface area contributed by atoms with E-state index in [1.807, 2.05) is 0 Å². The van der Waals surface area contributed by atoms with Crippen molar-refractivity contribution in [2.75, 3.05) is 11.9 Å². The molecule has 0 radical (unpaired) electrons. The fraction of sp³-hybridized carbons (Fsp3) is 0.0667. The Balaban J connectivity index is 2.32. The summed E-state index contributed by atoms with van der Waals surface area (Å²) in [7, 11) is 0. The summed E-state index contributed by atoms with van der Waals surface area (Å²) in [6.07, 6.45) is 0. The van der Waals surface area contributed by atoms with Crippen LogP contribution in [0.15, 0.2) is 42.5 Å². The highest BCUT2D eigenvalue weighted by Gasteiger charge is 2.24. The number of hydrogen-bond acceptors (Lipinski definition) is 7. The maximum atomic E-state index is 12.4. The highest BCUT2D eigenvalue weighted by atomic mass is 16.6. The Bertz CT molecular complexity index is 862. The third-order valence-corrected chi connectivity index (χ3v) is 3.22. The van der Waals surface area contributed by atoms with Gasteiger partial charge >= 0.3 is 5.97 Å². The van der Waals surface area contributed by atoms with Crippen LogP contribution in [0.1, 0.15) is 15.9 Å². The number of benzene rings is 2. The number of carboxylic acids is 1. The van der Waals surface area contributed by atoms with E-state index < -0.39 is 33.0 Å². The third-order valence-electron chi connectivity index (χ3n) is 3.22. The fourth-order valence-corrected chi connectivity index (χ4v) is 2.05. The molecule has 0 saturated carbocycles. The van der Waals surface area contributed by atoms with Crippen molar-refractivity contribution in [1.29, 1.82) is 0 Å². The first kappa shape index (κ1) is 17.5. The molecule has 2 aromatic rings. The lowest BCUT2D eigenvalue weighted by Gasteiger charge is -2.06. The molecule has 10 nitrogen and oxygen atoms in total. The average Bonchev–Trinajstić information content (AvgIpc) is 2.59. The number of nitrogens with one attached hydrogen (secondary N) is 1. The van der Waals surface area contributed by atoms with Gasteiger partial charge in [-0.1, -0.05) is 0 Å². The lowest BCUT2D eigenvalue weighted by molar-refractivity contribution is -0.394. The predicted molar refractivity (Wildman–Crippen MR) is 85.8 cm³/mol. The quantitative estimate of drug-likeness (QED) is 0.440. The van der Waals surface area contributed by atoms with Crippen LogP contribution < -0.4 is 5.32 Å². The number of carbonyl (C=O) groups excluding carboxylic acids is 1. The van der Waals surface area contributed by atoms with Gasteiger partial charge in [-0.25, -0.2) is 0 Å². The fourth-order valence-electron chi connectivity index (χ4n) is 2.05. The molecule has 0 aliphatic heterocycles. The van der Waals surface area contributed by atoms with E-state index in [4.69, 9.17) is 5.11 Å². The van der Waals surface area contributed by atoms with E-state index in [-0.39, 0.29) is 17.7 Å². The van der Waals surface area contributed by atoms with Gasteiger partial charge in [-0.15, -0.1) is 0 Å². The Morgan fingerprint density at radius 3 is 2.16 bits per heavy atom. The molecule has 25 heavy (non-hydrogen) atoms. The lowest BCUT2D eigenvalue weighted by atomic mass is 10.0. The number of aliphatic carboxylic acids is 1. The second-order valence-electron chi connectivity index (χ2n) is 4.87. The summed E-state index contributed by atoms with van der Waals surface area (Å²) >= 11 is 0. The Labute approximate surface area is 140 Å². The van der Waals surface area contributed by atoms with Crippen LogP contribution in [0.25, 0.3) is 0 Å². The zero-order valence-electron chi connectivity index (χ0n) is 12.5. The molecular formula is C15H11N3O7. The summed E-state index contributed by atoms with van der Waals surface area (Å²) < 4.78 is 0. The summed E-state index contributed by atoms with van der Waals surface area (Å²) in [4.78, 5) is 43.1. The lowest BCUT2D eigenvalue weighted by Crippen LogP contribution is -2.12. The first-order chi connectivity index (χ1) is 11.8. The van der Waals surface area contributed by atoms with Crippen LogP contribution in [0.4, 0.5) is 17.1 Å². The normalized spacial score (nSPS) is 10.1. The van der Waals surface area contributed by atoms with E-state index in [0.717, 1.165) is 18.2 Å². The largest absolute Gasteiger partial charge is 0.480 e. The molecule has 128 valence electrons. The number of non-ortho nitro benzene ring substituents is 1. The molecule has 0 aliphatic carbocycles. The molecule has 0 bridgehead atoms. The van der Waals surface area contributed by atoms with Crippen LogP contribution in [0, 0.1) is 20.2 Å². The van der Waals surface area contributed by atoms with Crippen LogP contribution in [0.5, 0.6) is 0 Å². The molecule has 10 heteroatoms. The average molecular weight is 345 g/mol. The smallest absolute Gasteiger partial charge is 0.322 e. The SMILES string of the molecule is O=C(O)CNc1ccc(C(=O)c2ccc([N+](=O)[O-])cc2[N+](=O)[O-])cc1. The monoisotopic (exact) mass is 345 g/mol. The van der Waals surface area contributed by atoms with Gasteiger partial charge in [0.2, 0.25) is 0 Å². The second-order valence-corrected chi connectivity index (χ2v) is 4.87. The van der Waals surface area contributed by atoms with Gasteiger partial charge in [-0.2, -0.15) is 0 Å². The van der Waals surface area contributed by atoms with Crippen molar-refractivity contribution in [3.63, 3.8) is 0 Å². The van der Waals surface area contributed by atoms with Gasteiger partial charge in [0.1, 0.15) is 12.1 Å². The molecule has 0 amide bonds. The van der Waals surface area contributed by atoms with Crippen molar-refractivity contribution in [2.45, 2.75) is 0 Å². The first-order valence-electron chi connectivity index (χ1n) is 6.83. The van der Waals surface area contributed by atoms with E-state index in [0.29, 0.717) is 5.69 Å². The number of carboxylic acid groups (broad SMARTS) is 1. The molecule has 0 saturated heterocycles. The number of nitro groups is 2. The predicted octanol–water partition coefficient (Wildman–Crippen LogP) is 2.23. The number of rotatable bonds is 7.